The Morgan fingerprint density at radius 3 is 2.75 bits per heavy atom. The lowest BCUT2D eigenvalue weighted by atomic mass is 9.97. The SMILES string of the molecule is Cc1ccc(-n2nnnc2N2CCCC(C(=O)Nc3cccc(C)n3)C2)cc1. The summed E-state index contributed by atoms with van der Waals surface area (Å²) in [4.78, 5) is 19.2. The molecule has 8 heteroatoms. The summed E-state index contributed by atoms with van der Waals surface area (Å²) in [5.74, 6) is 1.10. The minimum Gasteiger partial charge on any atom is -0.339 e. The van der Waals surface area contributed by atoms with Gasteiger partial charge in [0.1, 0.15) is 5.82 Å². The van der Waals surface area contributed by atoms with Crippen LogP contribution in [0.1, 0.15) is 24.1 Å². The molecule has 144 valence electrons. The third-order valence-corrected chi connectivity index (χ3v) is 4.95. The highest BCUT2D eigenvalue weighted by molar-refractivity contribution is 5.92. The molecular formula is C20H23N7O. The number of pyridine rings is 1. The van der Waals surface area contributed by atoms with Gasteiger partial charge in [0.25, 0.3) is 0 Å². The van der Waals surface area contributed by atoms with Crippen LogP contribution in [0.4, 0.5) is 11.8 Å². The maximum atomic E-state index is 12.8. The fourth-order valence-electron chi connectivity index (χ4n) is 3.45. The van der Waals surface area contributed by atoms with E-state index in [0.717, 1.165) is 30.8 Å². The Kier molecular flexibility index (Phi) is 5.01. The van der Waals surface area contributed by atoms with E-state index < -0.39 is 0 Å². The quantitative estimate of drug-likeness (QED) is 0.752. The zero-order chi connectivity index (χ0) is 19.5. The van der Waals surface area contributed by atoms with Crippen molar-refractivity contribution < 1.29 is 4.79 Å². The van der Waals surface area contributed by atoms with Crippen LogP contribution in [0.2, 0.25) is 0 Å². The molecule has 3 aromatic rings. The van der Waals surface area contributed by atoms with Gasteiger partial charge in [0.15, 0.2) is 0 Å². The average Bonchev–Trinajstić information content (AvgIpc) is 3.18. The van der Waals surface area contributed by atoms with E-state index in [9.17, 15) is 4.79 Å². The summed E-state index contributed by atoms with van der Waals surface area (Å²) < 4.78 is 1.72. The molecule has 1 aliphatic rings. The molecule has 2 aromatic heterocycles. The molecule has 1 saturated heterocycles. The number of nitrogens with zero attached hydrogens (tertiary/aromatic N) is 6. The number of rotatable bonds is 4. The van der Waals surface area contributed by atoms with E-state index in [1.807, 2.05) is 56.3 Å². The maximum absolute atomic E-state index is 12.8. The van der Waals surface area contributed by atoms with E-state index >= 15 is 0 Å². The van der Waals surface area contributed by atoms with E-state index in [1.54, 1.807) is 4.68 Å². The molecule has 28 heavy (non-hydrogen) atoms. The minimum atomic E-state index is -0.140. The Morgan fingerprint density at radius 2 is 1.96 bits per heavy atom. The van der Waals surface area contributed by atoms with Crippen LogP contribution in [0.15, 0.2) is 42.5 Å². The van der Waals surface area contributed by atoms with Crippen LogP contribution in [0.5, 0.6) is 0 Å². The topological polar surface area (TPSA) is 88.8 Å². The lowest BCUT2D eigenvalue weighted by Crippen LogP contribution is -2.42. The normalized spacial score (nSPS) is 16.8. The van der Waals surface area contributed by atoms with Crippen molar-refractivity contribution in [3.05, 3.63) is 53.7 Å². The van der Waals surface area contributed by atoms with Gasteiger partial charge in [0.2, 0.25) is 11.9 Å². The van der Waals surface area contributed by atoms with Crippen LogP contribution < -0.4 is 10.2 Å². The van der Waals surface area contributed by atoms with E-state index in [1.165, 1.54) is 5.56 Å². The number of carbonyl (C=O) groups is 1. The molecule has 1 N–H and O–H groups in total. The van der Waals surface area contributed by atoms with Crippen LogP contribution >= 0.6 is 0 Å². The second-order valence-electron chi connectivity index (χ2n) is 7.16. The highest BCUT2D eigenvalue weighted by atomic mass is 16.2. The van der Waals surface area contributed by atoms with E-state index in [-0.39, 0.29) is 11.8 Å². The summed E-state index contributed by atoms with van der Waals surface area (Å²) in [5.41, 5.74) is 2.96. The first-order valence-electron chi connectivity index (χ1n) is 9.45. The predicted molar refractivity (Wildman–Crippen MR) is 106 cm³/mol. The molecule has 3 heterocycles. The van der Waals surface area contributed by atoms with Crippen molar-refractivity contribution in [3.8, 4) is 5.69 Å². The molecular weight excluding hydrogens is 354 g/mol. The molecule has 0 radical (unpaired) electrons. The van der Waals surface area contributed by atoms with Gasteiger partial charge >= 0.3 is 0 Å². The molecule has 4 rings (SSSR count). The van der Waals surface area contributed by atoms with Crippen LogP contribution in [0, 0.1) is 19.8 Å². The summed E-state index contributed by atoms with van der Waals surface area (Å²) >= 11 is 0. The summed E-state index contributed by atoms with van der Waals surface area (Å²) in [6.07, 6.45) is 1.74. The van der Waals surface area contributed by atoms with Crippen LogP contribution in [0.25, 0.3) is 5.69 Å². The Morgan fingerprint density at radius 1 is 1.14 bits per heavy atom. The van der Waals surface area contributed by atoms with E-state index in [2.05, 4.69) is 30.7 Å². The van der Waals surface area contributed by atoms with Gasteiger partial charge in [-0.25, -0.2) is 4.98 Å². The molecule has 1 unspecified atom stereocenters. The number of hydrogen-bond acceptors (Lipinski definition) is 6. The molecule has 0 saturated carbocycles. The van der Waals surface area contributed by atoms with Crippen molar-refractivity contribution in [1.29, 1.82) is 0 Å². The lowest BCUT2D eigenvalue weighted by molar-refractivity contribution is -0.120. The fraction of sp³-hybridized carbons (Fsp3) is 0.350. The zero-order valence-electron chi connectivity index (χ0n) is 16.0. The monoisotopic (exact) mass is 377 g/mol. The molecule has 1 amide bonds. The number of aryl methyl sites for hydroxylation is 2. The molecule has 0 bridgehead atoms. The summed E-state index contributed by atoms with van der Waals surface area (Å²) in [6, 6.07) is 13.6. The third-order valence-electron chi connectivity index (χ3n) is 4.95. The highest BCUT2D eigenvalue weighted by Gasteiger charge is 2.29. The molecule has 1 aliphatic heterocycles. The molecule has 1 fully saturated rings. The van der Waals surface area contributed by atoms with Crippen molar-refractivity contribution in [2.24, 2.45) is 5.92 Å². The maximum Gasteiger partial charge on any atom is 0.250 e. The smallest absolute Gasteiger partial charge is 0.250 e. The Balaban J connectivity index is 1.49. The number of aromatic nitrogens is 5. The van der Waals surface area contributed by atoms with Crippen molar-refractivity contribution >= 4 is 17.7 Å². The second-order valence-corrected chi connectivity index (χ2v) is 7.16. The standard InChI is InChI=1S/C20H23N7O/c1-14-8-10-17(11-9-14)27-20(23-24-25-27)26-12-4-6-16(13-26)19(28)22-18-7-3-5-15(2)21-18/h3,5,7-11,16H,4,6,12-13H2,1-2H3,(H,21,22,28). The number of carbonyl (C=O) groups excluding carboxylic acids is 1. The number of anilines is 2. The number of nitrogens with one attached hydrogen (secondary N) is 1. The Labute approximate surface area is 163 Å². The van der Waals surface area contributed by atoms with Gasteiger partial charge in [-0.3, -0.25) is 4.79 Å². The number of amides is 1. The summed E-state index contributed by atoms with van der Waals surface area (Å²) in [6.45, 7) is 5.34. The van der Waals surface area contributed by atoms with Crippen molar-refractivity contribution in [2.75, 3.05) is 23.3 Å². The first-order chi connectivity index (χ1) is 13.6. The number of benzene rings is 1. The Hall–Kier alpha value is -3.29. The van der Waals surface area contributed by atoms with Gasteiger partial charge in [-0.2, -0.15) is 4.68 Å². The number of hydrogen-bond donors (Lipinski definition) is 1. The molecule has 8 nitrogen and oxygen atoms in total. The first-order valence-corrected chi connectivity index (χ1v) is 9.45. The predicted octanol–water partition coefficient (Wildman–Crippen LogP) is 2.53. The van der Waals surface area contributed by atoms with Gasteiger partial charge in [-0.1, -0.05) is 28.9 Å². The average molecular weight is 377 g/mol. The van der Waals surface area contributed by atoms with Crippen LogP contribution in [-0.4, -0.2) is 44.2 Å². The van der Waals surface area contributed by atoms with Crippen molar-refractivity contribution in [1.82, 2.24) is 25.2 Å². The van der Waals surface area contributed by atoms with Crippen molar-refractivity contribution in [3.63, 3.8) is 0 Å². The summed E-state index contributed by atoms with van der Waals surface area (Å²) in [7, 11) is 0. The van der Waals surface area contributed by atoms with Gasteiger partial charge in [0.05, 0.1) is 11.6 Å². The number of piperidine rings is 1. The van der Waals surface area contributed by atoms with Gasteiger partial charge < -0.3 is 10.2 Å². The minimum absolute atomic E-state index is 0.0165. The Bertz CT molecular complexity index is 967. The van der Waals surface area contributed by atoms with Gasteiger partial charge in [-0.15, -0.1) is 0 Å². The lowest BCUT2D eigenvalue weighted by Gasteiger charge is -2.32. The largest absolute Gasteiger partial charge is 0.339 e. The third kappa shape index (κ3) is 3.85. The van der Waals surface area contributed by atoms with Crippen LogP contribution in [-0.2, 0) is 4.79 Å². The highest BCUT2D eigenvalue weighted by Crippen LogP contribution is 2.24. The molecule has 1 aromatic carbocycles. The van der Waals surface area contributed by atoms with E-state index in [0.29, 0.717) is 18.3 Å². The number of tetrazole rings is 1. The van der Waals surface area contributed by atoms with Crippen LogP contribution in [0.3, 0.4) is 0 Å². The molecule has 0 aliphatic carbocycles. The fourth-order valence-corrected chi connectivity index (χ4v) is 3.45. The summed E-state index contributed by atoms with van der Waals surface area (Å²) in [5, 5.41) is 15.1. The molecule has 1 atom stereocenters. The second kappa shape index (κ2) is 7.75. The first kappa shape index (κ1) is 18.1. The van der Waals surface area contributed by atoms with E-state index in [4.69, 9.17) is 0 Å². The van der Waals surface area contributed by atoms with Gasteiger partial charge in [-0.05, 0) is 61.4 Å². The van der Waals surface area contributed by atoms with Crippen molar-refractivity contribution in [2.45, 2.75) is 26.7 Å². The molecule has 0 spiro atoms. The zero-order valence-corrected chi connectivity index (χ0v) is 16.0. The van der Waals surface area contributed by atoms with Gasteiger partial charge in [0, 0.05) is 18.8 Å².